The summed E-state index contributed by atoms with van der Waals surface area (Å²) in [5, 5.41) is 37.3. The van der Waals surface area contributed by atoms with Gasteiger partial charge in [-0.3, -0.25) is 48.5 Å². The number of rotatable bonds is 11. The Morgan fingerprint density at radius 3 is 0.806 bits per heavy atom. The second-order valence-corrected chi connectivity index (χ2v) is 8.85. The topological polar surface area (TPSA) is 182 Å². The van der Waals surface area contributed by atoms with E-state index in [0.29, 0.717) is 32.6 Å². The second-order valence-electron chi connectivity index (χ2n) is 8.85. The van der Waals surface area contributed by atoms with Gasteiger partial charge >= 0.3 is 23.9 Å². The van der Waals surface area contributed by atoms with Crippen molar-refractivity contribution in [3.8, 4) is 0 Å². The zero-order valence-corrected chi connectivity index (χ0v) is 20.9. The van der Waals surface area contributed by atoms with Crippen molar-refractivity contribution in [2.75, 3.05) is 98.2 Å². The number of ketones is 1. The predicted octanol–water partition coefficient (Wildman–Crippen LogP) is -2.17. The van der Waals surface area contributed by atoms with Crippen LogP contribution in [-0.2, 0) is 24.0 Å². The van der Waals surface area contributed by atoms with Gasteiger partial charge in [0.1, 0.15) is 5.78 Å². The number of hydrogen-bond donors (Lipinski definition) is 4. The Kier molecular flexibility index (Phi) is 14.7. The van der Waals surface area contributed by atoms with Crippen molar-refractivity contribution in [2.24, 2.45) is 0 Å². The van der Waals surface area contributed by atoms with Gasteiger partial charge in [0.2, 0.25) is 0 Å². The van der Waals surface area contributed by atoms with Gasteiger partial charge in [0.05, 0.1) is 32.7 Å². The Labute approximate surface area is 210 Å². The molecule has 0 aromatic carbocycles. The molecule has 0 spiro atoms. The van der Waals surface area contributed by atoms with Crippen LogP contribution in [0.2, 0.25) is 0 Å². The summed E-state index contributed by atoms with van der Waals surface area (Å²) in [5.74, 6) is -4.18. The first kappa shape index (κ1) is 31.4. The van der Waals surface area contributed by atoms with Crippen molar-refractivity contribution in [1.82, 2.24) is 24.5 Å². The molecule has 0 amide bonds. The molecule has 4 N–H and O–H groups in total. The van der Waals surface area contributed by atoms with Crippen LogP contribution in [0.4, 0.5) is 0 Å². The maximum absolute atomic E-state index is 12.1. The molecule has 0 bridgehead atoms. The van der Waals surface area contributed by atoms with Crippen LogP contribution in [0.25, 0.3) is 0 Å². The number of carboxylic acid groups (broad SMARTS) is 4. The van der Waals surface area contributed by atoms with Gasteiger partial charge in [0, 0.05) is 71.9 Å². The highest BCUT2D eigenvalue weighted by Gasteiger charge is 2.21. The molecule has 0 radical (unpaired) electrons. The van der Waals surface area contributed by atoms with Crippen LogP contribution in [0.15, 0.2) is 0 Å². The lowest BCUT2D eigenvalue weighted by Gasteiger charge is -2.29. The van der Waals surface area contributed by atoms with Crippen molar-refractivity contribution in [3.05, 3.63) is 0 Å². The van der Waals surface area contributed by atoms with E-state index in [4.69, 9.17) is 0 Å². The van der Waals surface area contributed by atoms with E-state index in [1.165, 1.54) is 0 Å². The largest absolute Gasteiger partial charge is 0.480 e. The third-order valence-electron chi connectivity index (χ3n) is 5.89. The first-order valence-electron chi connectivity index (χ1n) is 12.0. The number of aliphatic carboxylic acids is 4. The minimum atomic E-state index is -1.06. The number of hydrogen-bond acceptors (Lipinski definition) is 10. The van der Waals surface area contributed by atoms with Crippen molar-refractivity contribution in [1.29, 1.82) is 0 Å². The molecule has 0 unspecified atom stereocenters. The van der Waals surface area contributed by atoms with E-state index in [1.807, 2.05) is 4.90 Å². The molecule has 1 saturated heterocycles. The Hall–Kier alpha value is -2.65. The molecule has 0 aromatic rings. The van der Waals surface area contributed by atoms with Crippen LogP contribution in [0, 0.1) is 0 Å². The minimum absolute atomic E-state index is 0.00255. The summed E-state index contributed by atoms with van der Waals surface area (Å²) in [6.07, 6.45) is 0.336. The smallest absolute Gasteiger partial charge is 0.317 e. The van der Waals surface area contributed by atoms with Gasteiger partial charge < -0.3 is 20.4 Å². The highest BCUT2D eigenvalue weighted by molar-refractivity contribution is 5.80. The highest BCUT2D eigenvalue weighted by atomic mass is 16.4. The molecule has 206 valence electrons. The lowest BCUT2D eigenvalue weighted by Crippen LogP contribution is -2.45. The van der Waals surface area contributed by atoms with Crippen LogP contribution in [0.5, 0.6) is 0 Å². The Morgan fingerprint density at radius 1 is 0.444 bits per heavy atom. The van der Waals surface area contributed by atoms with Crippen LogP contribution in [0.1, 0.15) is 13.3 Å². The fourth-order valence-electron chi connectivity index (χ4n) is 3.89. The summed E-state index contributed by atoms with van der Waals surface area (Å²) < 4.78 is 0. The molecule has 1 aliphatic heterocycles. The lowest BCUT2D eigenvalue weighted by molar-refractivity contribution is -0.140. The van der Waals surface area contributed by atoms with Crippen molar-refractivity contribution < 1.29 is 44.4 Å². The first-order valence-corrected chi connectivity index (χ1v) is 12.0. The summed E-state index contributed by atoms with van der Waals surface area (Å²) in [6, 6.07) is 0. The number of carboxylic acids is 4. The Bertz CT molecular complexity index is 699. The van der Waals surface area contributed by atoms with Gasteiger partial charge in [0.25, 0.3) is 0 Å². The van der Waals surface area contributed by atoms with Crippen LogP contribution in [0.3, 0.4) is 0 Å². The van der Waals surface area contributed by atoms with E-state index in [0.717, 1.165) is 0 Å². The fourth-order valence-corrected chi connectivity index (χ4v) is 3.89. The summed E-state index contributed by atoms with van der Waals surface area (Å²) in [7, 11) is 0. The molecule has 1 fully saturated rings. The van der Waals surface area contributed by atoms with Crippen molar-refractivity contribution >= 4 is 29.7 Å². The Balaban J connectivity index is 3.16. The molecular weight excluding hydrogens is 478 g/mol. The van der Waals surface area contributed by atoms with Gasteiger partial charge in [-0.1, -0.05) is 6.92 Å². The molecule has 1 aliphatic rings. The molecule has 0 atom stereocenters. The normalized spacial score (nSPS) is 19.2. The van der Waals surface area contributed by atoms with E-state index in [9.17, 15) is 44.4 Å². The van der Waals surface area contributed by atoms with E-state index < -0.39 is 23.9 Å². The van der Waals surface area contributed by atoms with Crippen LogP contribution >= 0.6 is 0 Å². The first-order chi connectivity index (χ1) is 17.0. The molecule has 1 heterocycles. The molecule has 0 aromatic heterocycles. The Morgan fingerprint density at radius 2 is 0.639 bits per heavy atom. The predicted molar refractivity (Wildman–Crippen MR) is 128 cm³/mol. The summed E-state index contributed by atoms with van der Waals surface area (Å²) in [4.78, 5) is 66.1. The minimum Gasteiger partial charge on any atom is -0.480 e. The van der Waals surface area contributed by atoms with Gasteiger partial charge in [-0.15, -0.1) is 0 Å². The number of nitrogens with zero attached hydrogens (tertiary/aromatic N) is 5. The number of carbonyl (C=O) groups excluding carboxylic acids is 1. The molecule has 0 saturated carbocycles. The molecule has 0 aliphatic carbocycles. The van der Waals surface area contributed by atoms with Gasteiger partial charge in [-0.25, -0.2) is 0 Å². The summed E-state index contributed by atoms with van der Waals surface area (Å²) >= 11 is 0. The third kappa shape index (κ3) is 14.7. The lowest BCUT2D eigenvalue weighted by atomic mass is 10.2. The maximum atomic E-state index is 12.1. The standard InChI is InChI=1S/C22H39N5O9/c1-2-18(28)13-23-3-5-24(14-19(29)30)7-9-26(16-21(33)34)11-12-27(17-22(35)36)10-8-25(6-4-23)15-20(31)32/h2-17H2,1H3,(H,29,30)(H,31,32)(H,33,34)(H,35,36). The van der Waals surface area contributed by atoms with E-state index in [-0.39, 0.29) is 77.8 Å². The summed E-state index contributed by atoms with van der Waals surface area (Å²) in [5.41, 5.74) is 0. The maximum Gasteiger partial charge on any atom is 0.317 e. The SMILES string of the molecule is CCC(=O)CN1CCN(CC(=O)O)CCN(CC(=O)O)CCN(CC(=O)O)CCN(CC(=O)O)CC1. The molecule has 14 heteroatoms. The van der Waals surface area contributed by atoms with Crippen LogP contribution < -0.4 is 0 Å². The van der Waals surface area contributed by atoms with Gasteiger partial charge in [0.15, 0.2) is 0 Å². The molecular formula is C22H39N5O9. The molecule has 1 rings (SSSR count). The average Bonchev–Trinajstić information content (AvgIpc) is 2.77. The van der Waals surface area contributed by atoms with Crippen LogP contribution in [-0.4, -0.2) is 173 Å². The van der Waals surface area contributed by atoms with E-state index in [2.05, 4.69) is 0 Å². The zero-order chi connectivity index (χ0) is 27.1. The van der Waals surface area contributed by atoms with Gasteiger partial charge in [-0.05, 0) is 0 Å². The fraction of sp³-hybridized carbons (Fsp3) is 0.773. The number of Topliss-reactive ketones (excluding diaryl/α,β-unsaturated/α-hetero) is 1. The number of carbonyl (C=O) groups is 5. The van der Waals surface area contributed by atoms with Crippen molar-refractivity contribution in [2.45, 2.75) is 13.3 Å². The molecule has 36 heavy (non-hydrogen) atoms. The van der Waals surface area contributed by atoms with E-state index in [1.54, 1.807) is 26.5 Å². The third-order valence-corrected chi connectivity index (χ3v) is 5.89. The summed E-state index contributed by atoms with van der Waals surface area (Å²) in [6.45, 7) is 3.79. The highest BCUT2D eigenvalue weighted by Crippen LogP contribution is 2.02. The van der Waals surface area contributed by atoms with E-state index >= 15 is 0 Å². The molecule has 14 nitrogen and oxygen atoms in total. The van der Waals surface area contributed by atoms with Crippen molar-refractivity contribution in [3.63, 3.8) is 0 Å². The average molecular weight is 518 g/mol. The quantitative estimate of drug-likeness (QED) is 0.232. The monoisotopic (exact) mass is 517 g/mol. The zero-order valence-electron chi connectivity index (χ0n) is 20.9. The second kappa shape index (κ2) is 16.9. The van der Waals surface area contributed by atoms with Gasteiger partial charge in [-0.2, -0.15) is 0 Å².